The number of aryl methyl sites for hydroxylation is 2. The maximum atomic E-state index is 12.2. The number of carbonyl (C=O) groups excluding carboxylic acids is 1. The second kappa shape index (κ2) is 7.64. The van der Waals surface area contributed by atoms with Crippen LogP contribution in [-0.4, -0.2) is 35.5 Å². The van der Waals surface area contributed by atoms with E-state index in [2.05, 4.69) is 0 Å². The highest BCUT2D eigenvalue weighted by Gasteiger charge is 2.11. The molecule has 0 aliphatic carbocycles. The smallest absolute Gasteiger partial charge is 0.335 e. The first-order chi connectivity index (χ1) is 11.4. The van der Waals surface area contributed by atoms with Crippen molar-refractivity contribution in [2.75, 3.05) is 13.7 Å². The minimum absolute atomic E-state index is 0.0341. The van der Waals surface area contributed by atoms with E-state index in [-0.39, 0.29) is 18.1 Å². The minimum Gasteiger partial charge on any atom is -0.484 e. The SMILES string of the molecule is Cc1ccc(OCC(=O)N(C)Cc2ccc(C(=O)O)cc2)c(C)c1. The van der Waals surface area contributed by atoms with Gasteiger partial charge in [0.05, 0.1) is 5.56 Å². The molecule has 0 aliphatic heterocycles. The Balaban J connectivity index is 1.90. The van der Waals surface area contributed by atoms with Crippen LogP contribution in [0.15, 0.2) is 42.5 Å². The van der Waals surface area contributed by atoms with E-state index >= 15 is 0 Å². The molecule has 1 amide bonds. The predicted molar refractivity (Wildman–Crippen MR) is 91.3 cm³/mol. The van der Waals surface area contributed by atoms with Gasteiger partial charge in [0.25, 0.3) is 5.91 Å². The van der Waals surface area contributed by atoms with Gasteiger partial charge in [-0.05, 0) is 43.2 Å². The number of ether oxygens (including phenoxy) is 1. The van der Waals surface area contributed by atoms with Gasteiger partial charge >= 0.3 is 5.97 Å². The monoisotopic (exact) mass is 327 g/mol. The summed E-state index contributed by atoms with van der Waals surface area (Å²) in [5.74, 6) is -0.404. The molecule has 0 saturated heterocycles. The lowest BCUT2D eigenvalue weighted by Crippen LogP contribution is -2.31. The molecule has 0 fully saturated rings. The average molecular weight is 327 g/mol. The number of amides is 1. The molecule has 0 aromatic heterocycles. The molecule has 24 heavy (non-hydrogen) atoms. The van der Waals surface area contributed by atoms with Gasteiger partial charge in [0.2, 0.25) is 0 Å². The van der Waals surface area contributed by atoms with Crippen molar-refractivity contribution in [3.8, 4) is 5.75 Å². The van der Waals surface area contributed by atoms with E-state index in [0.29, 0.717) is 12.3 Å². The summed E-state index contributed by atoms with van der Waals surface area (Å²) >= 11 is 0. The van der Waals surface area contributed by atoms with E-state index in [4.69, 9.17) is 9.84 Å². The van der Waals surface area contributed by atoms with Crippen LogP contribution < -0.4 is 4.74 Å². The van der Waals surface area contributed by atoms with E-state index in [9.17, 15) is 9.59 Å². The Morgan fingerprint density at radius 3 is 2.33 bits per heavy atom. The van der Waals surface area contributed by atoms with Gasteiger partial charge in [-0.15, -0.1) is 0 Å². The van der Waals surface area contributed by atoms with Crippen molar-refractivity contribution in [1.82, 2.24) is 4.90 Å². The van der Waals surface area contributed by atoms with Gasteiger partial charge in [-0.3, -0.25) is 4.79 Å². The highest BCUT2D eigenvalue weighted by molar-refractivity contribution is 5.87. The van der Waals surface area contributed by atoms with Crippen LogP contribution in [0.2, 0.25) is 0 Å². The fourth-order valence-corrected chi connectivity index (χ4v) is 2.33. The van der Waals surface area contributed by atoms with Crippen molar-refractivity contribution < 1.29 is 19.4 Å². The molecule has 5 nitrogen and oxygen atoms in total. The molecular formula is C19H21NO4. The Kier molecular flexibility index (Phi) is 5.58. The number of hydrogen-bond acceptors (Lipinski definition) is 3. The topological polar surface area (TPSA) is 66.8 Å². The maximum Gasteiger partial charge on any atom is 0.335 e. The third-order valence-corrected chi connectivity index (χ3v) is 3.73. The molecule has 0 atom stereocenters. The summed E-state index contributed by atoms with van der Waals surface area (Å²) < 4.78 is 5.59. The molecule has 2 rings (SSSR count). The molecule has 0 saturated carbocycles. The molecule has 0 unspecified atom stereocenters. The quantitative estimate of drug-likeness (QED) is 0.885. The van der Waals surface area contributed by atoms with E-state index in [1.54, 1.807) is 24.1 Å². The number of rotatable bonds is 6. The number of likely N-dealkylation sites (N-methyl/N-ethyl adjacent to an activating group) is 1. The van der Waals surface area contributed by atoms with Gasteiger partial charge in [0.15, 0.2) is 6.61 Å². The molecule has 0 bridgehead atoms. The second-order valence-electron chi connectivity index (χ2n) is 5.81. The van der Waals surface area contributed by atoms with Gasteiger partial charge in [-0.25, -0.2) is 4.79 Å². The molecule has 2 aromatic carbocycles. The highest BCUT2D eigenvalue weighted by Crippen LogP contribution is 2.18. The summed E-state index contributed by atoms with van der Waals surface area (Å²) in [4.78, 5) is 24.6. The Morgan fingerprint density at radius 1 is 1.08 bits per heavy atom. The summed E-state index contributed by atoms with van der Waals surface area (Å²) in [7, 11) is 1.69. The lowest BCUT2D eigenvalue weighted by molar-refractivity contribution is -0.132. The van der Waals surface area contributed by atoms with Crippen LogP contribution in [0.5, 0.6) is 5.75 Å². The Hall–Kier alpha value is -2.82. The average Bonchev–Trinajstić information content (AvgIpc) is 2.54. The first-order valence-electron chi connectivity index (χ1n) is 7.63. The van der Waals surface area contributed by atoms with Gasteiger partial charge < -0.3 is 14.7 Å². The van der Waals surface area contributed by atoms with E-state index in [0.717, 1.165) is 16.7 Å². The number of benzene rings is 2. The lowest BCUT2D eigenvalue weighted by atomic mass is 10.1. The van der Waals surface area contributed by atoms with Gasteiger partial charge in [0, 0.05) is 13.6 Å². The molecule has 0 aliphatic rings. The molecule has 0 radical (unpaired) electrons. The summed E-state index contributed by atoms with van der Waals surface area (Å²) in [6, 6.07) is 12.3. The van der Waals surface area contributed by atoms with Crippen LogP contribution in [0, 0.1) is 13.8 Å². The normalized spacial score (nSPS) is 10.3. The van der Waals surface area contributed by atoms with E-state index in [1.165, 1.54) is 12.1 Å². The van der Waals surface area contributed by atoms with Crippen LogP contribution in [0.1, 0.15) is 27.0 Å². The minimum atomic E-state index is -0.965. The zero-order valence-corrected chi connectivity index (χ0v) is 14.1. The summed E-state index contributed by atoms with van der Waals surface area (Å²) in [5, 5.41) is 8.88. The fraction of sp³-hybridized carbons (Fsp3) is 0.263. The summed E-state index contributed by atoms with van der Waals surface area (Å²) in [6.45, 7) is 4.31. The largest absolute Gasteiger partial charge is 0.484 e. The molecule has 126 valence electrons. The molecule has 0 heterocycles. The molecule has 2 aromatic rings. The van der Waals surface area contributed by atoms with Crippen molar-refractivity contribution in [2.45, 2.75) is 20.4 Å². The molecule has 0 spiro atoms. The number of carboxylic acids is 1. The van der Waals surface area contributed by atoms with Gasteiger partial charge in [0.1, 0.15) is 5.75 Å². The maximum absolute atomic E-state index is 12.2. The predicted octanol–water partition coefficient (Wildman–Crippen LogP) is 3.04. The highest BCUT2D eigenvalue weighted by atomic mass is 16.5. The van der Waals surface area contributed by atoms with Crippen LogP contribution in [0.3, 0.4) is 0 Å². The third kappa shape index (κ3) is 4.59. The number of carboxylic acid groups (broad SMARTS) is 1. The van der Waals surface area contributed by atoms with E-state index < -0.39 is 5.97 Å². The van der Waals surface area contributed by atoms with Gasteiger partial charge in [-0.1, -0.05) is 29.8 Å². The molecule has 5 heteroatoms. The van der Waals surface area contributed by atoms with Crippen molar-refractivity contribution in [2.24, 2.45) is 0 Å². The van der Waals surface area contributed by atoms with Crippen molar-refractivity contribution in [1.29, 1.82) is 0 Å². The van der Waals surface area contributed by atoms with Crippen LogP contribution in [0.25, 0.3) is 0 Å². The Morgan fingerprint density at radius 2 is 1.75 bits per heavy atom. The number of aromatic carboxylic acids is 1. The summed E-state index contributed by atoms with van der Waals surface area (Å²) in [6.07, 6.45) is 0. The van der Waals surface area contributed by atoms with Crippen LogP contribution in [0.4, 0.5) is 0 Å². The zero-order chi connectivity index (χ0) is 17.7. The Labute approximate surface area is 141 Å². The second-order valence-corrected chi connectivity index (χ2v) is 5.81. The van der Waals surface area contributed by atoms with Gasteiger partial charge in [-0.2, -0.15) is 0 Å². The summed E-state index contributed by atoms with van der Waals surface area (Å²) in [5.41, 5.74) is 3.23. The fourth-order valence-electron chi connectivity index (χ4n) is 2.33. The standard InChI is InChI=1S/C19H21NO4/c1-13-4-9-17(14(2)10-13)24-12-18(21)20(3)11-15-5-7-16(8-6-15)19(22)23/h4-10H,11-12H2,1-3H3,(H,22,23). The van der Waals surface area contributed by atoms with Crippen LogP contribution in [-0.2, 0) is 11.3 Å². The number of nitrogens with zero attached hydrogens (tertiary/aromatic N) is 1. The third-order valence-electron chi connectivity index (χ3n) is 3.73. The first kappa shape index (κ1) is 17.5. The zero-order valence-electron chi connectivity index (χ0n) is 14.1. The number of hydrogen-bond donors (Lipinski definition) is 1. The lowest BCUT2D eigenvalue weighted by Gasteiger charge is -2.18. The first-order valence-corrected chi connectivity index (χ1v) is 7.63. The van der Waals surface area contributed by atoms with Crippen molar-refractivity contribution in [3.63, 3.8) is 0 Å². The van der Waals surface area contributed by atoms with Crippen molar-refractivity contribution in [3.05, 3.63) is 64.7 Å². The molecular weight excluding hydrogens is 306 g/mol. The number of carbonyl (C=O) groups is 2. The van der Waals surface area contributed by atoms with Crippen molar-refractivity contribution >= 4 is 11.9 Å². The Bertz CT molecular complexity index is 738. The van der Waals surface area contributed by atoms with E-state index in [1.807, 2.05) is 32.0 Å². The van der Waals surface area contributed by atoms with Crippen LogP contribution >= 0.6 is 0 Å². The molecule has 1 N–H and O–H groups in total.